The molecule has 0 saturated carbocycles. The molecule has 1 N–H and O–H groups in total. The number of hydrogen-bond acceptors (Lipinski definition) is 3. The molecule has 4 nitrogen and oxygen atoms in total. The molecular weight excluding hydrogens is 192 g/mol. The molecule has 1 amide bonds. The van der Waals surface area contributed by atoms with Crippen LogP contribution in [0.5, 0.6) is 0 Å². The fraction of sp³-hybridized carbons (Fsp3) is 0.909. The van der Waals surface area contributed by atoms with E-state index in [0.717, 1.165) is 39.2 Å². The Balaban J connectivity index is 1.55. The van der Waals surface area contributed by atoms with E-state index in [9.17, 15) is 4.79 Å². The molecule has 2 rings (SSSR count). The van der Waals surface area contributed by atoms with Crippen LogP contribution in [0.25, 0.3) is 0 Å². The van der Waals surface area contributed by atoms with Gasteiger partial charge in [-0.25, -0.2) is 0 Å². The highest BCUT2D eigenvalue weighted by molar-refractivity contribution is 5.78. The van der Waals surface area contributed by atoms with Crippen molar-refractivity contribution in [3.8, 4) is 0 Å². The Morgan fingerprint density at radius 1 is 1.40 bits per heavy atom. The molecule has 2 heterocycles. The molecule has 4 heteroatoms. The van der Waals surface area contributed by atoms with E-state index >= 15 is 0 Å². The minimum absolute atomic E-state index is 0.157. The Morgan fingerprint density at radius 2 is 2.27 bits per heavy atom. The lowest BCUT2D eigenvalue weighted by Gasteiger charge is -2.31. The van der Waals surface area contributed by atoms with Gasteiger partial charge in [-0.1, -0.05) is 0 Å². The van der Waals surface area contributed by atoms with Gasteiger partial charge in [0.2, 0.25) is 5.91 Å². The quantitative estimate of drug-likeness (QED) is 0.725. The zero-order valence-corrected chi connectivity index (χ0v) is 9.21. The third kappa shape index (κ3) is 3.18. The summed E-state index contributed by atoms with van der Waals surface area (Å²) in [6.45, 7) is 5.02. The smallest absolute Gasteiger partial charge is 0.248 e. The molecule has 0 aromatic heterocycles. The van der Waals surface area contributed by atoms with Gasteiger partial charge in [0.1, 0.15) is 6.61 Å². The number of likely N-dealkylation sites (tertiary alicyclic amines) is 1. The molecule has 1 unspecified atom stereocenters. The van der Waals surface area contributed by atoms with Crippen molar-refractivity contribution < 1.29 is 9.53 Å². The number of ether oxygens (including phenoxy) is 1. The summed E-state index contributed by atoms with van der Waals surface area (Å²) >= 11 is 0. The van der Waals surface area contributed by atoms with Crippen molar-refractivity contribution >= 4 is 5.91 Å². The predicted octanol–water partition coefficient (Wildman–Crippen LogP) is 0.235. The summed E-state index contributed by atoms with van der Waals surface area (Å²) in [5.41, 5.74) is 0. The number of nitrogens with one attached hydrogen (secondary N) is 1. The molecule has 2 saturated heterocycles. The highest BCUT2D eigenvalue weighted by Crippen LogP contribution is 2.10. The molecule has 15 heavy (non-hydrogen) atoms. The van der Waals surface area contributed by atoms with Gasteiger partial charge in [-0.15, -0.1) is 0 Å². The second kappa shape index (κ2) is 5.47. The van der Waals surface area contributed by atoms with Crippen LogP contribution < -0.4 is 5.32 Å². The van der Waals surface area contributed by atoms with E-state index in [1.807, 2.05) is 4.90 Å². The maximum Gasteiger partial charge on any atom is 0.248 e. The lowest BCUT2D eigenvalue weighted by Crippen LogP contribution is -2.44. The van der Waals surface area contributed by atoms with E-state index in [4.69, 9.17) is 4.74 Å². The Morgan fingerprint density at radius 3 is 2.87 bits per heavy atom. The van der Waals surface area contributed by atoms with Crippen LogP contribution in [0.3, 0.4) is 0 Å². The number of carbonyl (C=O) groups excluding carboxylic acids is 1. The minimum Gasteiger partial charge on any atom is -0.371 e. The maximum atomic E-state index is 11.5. The standard InChI is InChI=1S/C11H20N2O2/c14-11(13-5-2-6-13)9-15-8-10-3-1-4-12-7-10/h10,12H,1-9H2. The molecule has 0 aromatic carbocycles. The van der Waals surface area contributed by atoms with Crippen LogP contribution in [-0.2, 0) is 9.53 Å². The van der Waals surface area contributed by atoms with Crippen molar-refractivity contribution in [3.05, 3.63) is 0 Å². The summed E-state index contributed by atoms with van der Waals surface area (Å²) in [4.78, 5) is 13.3. The predicted molar refractivity (Wildman–Crippen MR) is 57.6 cm³/mol. The van der Waals surface area contributed by atoms with Gasteiger partial charge >= 0.3 is 0 Å². The van der Waals surface area contributed by atoms with Gasteiger partial charge < -0.3 is 15.0 Å². The average molecular weight is 212 g/mol. The van der Waals surface area contributed by atoms with Gasteiger partial charge in [-0.2, -0.15) is 0 Å². The molecule has 0 spiro atoms. The van der Waals surface area contributed by atoms with Gasteiger partial charge in [0.05, 0.1) is 6.61 Å². The van der Waals surface area contributed by atoms with Crippen LogP contribution >= 0.6 is 0 Å². The summed E-state index contributed by atoms with van der Waals surface area (Å²) < 4.78 is 5.46. The summed E-state index contributed by atoms with van der Waals surface area (Å²) in [7, 11) is 0. The Labute approximate surface area is 91.0 Å². The Kier molecular flexibility index (Phi) is 3.97. The number of carbonyl (C=O) groups is 1. The first-order valence-corrected chi connectivity index (χ1v) is 5.92. The first-order valence-electron chi connectivity index (χ1n) is 5.92. The number of nitrogens with zero attached hydrogens (tertiary/aromatic N) is 1. The van der Waals surface area contributed by atoms with Crippen molar-refractivity contribution in [1.82, 2.24) is 10.2 Å². The summed E-state index contributed by atoms with van der Waals surface area (Å²) in [5, 5.41) is 3.34. The largest absolute Gasteiger partial charge is 0.371 e. The lowest BCUT2D eigenvalue weighted by molar-refractivity contribution is -0.140. The van der Waals surface area contributed by atoms with Crippen molar-refractivity contribution in [1.29, 1.82) is 0 Å². The van der Waals surface area contributed by atoms with E-state index in [0.29, 0.717) is 5.92 Å². The minimum atomic E-state index is 0.157. The molecule has 0 aliphatic carbocycles. The van der Waals surface area contributed by atoms with Gasteiger partial charge in [-0.3, -0.25) is 4.79 Å². The van der Waals surface area contributed by atoms with Gasteiger partial charge in [-0.05, 0) is 31.7 Å². The van der Waals surface area contributed by atoms with Crippen molar-refractivity contribution in [3.63, 3.8) is 0 Å². The zero-order chi connectivity index (χ0) is 10.5. The average Bonchev–Trinajstić information content (AvgIpc) is 2.16. The molecule has 0 aromatic rings. The highest BCUT2D eigenvalue weighted by Gasteiger charge is 2.20. The fourth-order valence-corrected chi connectivity index (χ4v) is 2.04. The van der Waals surface area contributed by atoms with E-state index in [1.54, 1.807) is 0 Å². The van der Waals surface area contributed by atoms with E-state index < -0.39 is 0 Å². The van der Waals surface area contributed by atoms with Crippen LogP contribution in [-0.4, -0.2) is 50.2 Å². The van der Waals surface area contributed by atoms with Crippen LogP contribution in [0.1, 0.15) is 19.3 Å². The molecule has 0 bridgehead atoms. The summed E-state index contributed by atoms with van der Waals surface area (Å²) in [6.07, 6.45) is 3.61. The fourth-order valence-electron chi connectivity index (χ4n) is 2.04. The van der Waals surface area contributed by atoms with Gasteiger partial charge in [0.15, 0.2) is 0 Å². The Bertz CT molecular complexity index is 211. The molecule has 1 atom stereocenters. The molecule has 2 aliphatic rings. The number of piperidine rings is 1. The molecule has 2 aliphatic heterocycles. The van der Waals surface area contributed by atoms with E-state index in [-0.39, 0.29) is 12.5 Å². The highest BCUT2D eigenvalue weighted by atomic mass is 16.5. The summed E-state index contributed by atoms with van der Waals surface area (Å²) in [5.74, 6) is 0.757. The first-order chi connectivity index (χ1) is 7.36. The van der Waals surface area contributed by atoms with Crippen LogP contribution in [0.2, 0.25) is 0 Å². The molecule has 0 radical (unpaired) electrons. The van der Waals surface area contributed by atoms with Crippen LogP contribution in [0.15, 0.2) is 0 Å². The third-order valence-corrected chi connectivity index (χ3v) is 3.19. The van der Waals surface area contributed by atoms with Gasteiger partial charge in [0.25, 0.3) is 0 Å². The number of amides is 1. The van der Waals surface area contributed by atoms with Crippen molar-refractivity contribution in [2.24, 2.45) is 5.92 Å². The van der Waals surface area contributed by atoms with E-state index in [1.165, 1.54) is 12.8 Å². The normalized spacial score (nSPS) is 26.1. The third-order valence-electron chi connectivity index (χ3n) is 3.19. The molecule has 2 fully saturated rings. The Hall–Kier alpha value is -0.610. The van der Waals surface area contributed by atoms with Crippen molar-refractivity contribution in [2.45, 2.75) is 19.3 Å². The number of hydrogen-bond donors (Lipinski definition) is 1. The number of rotatable bonds is 4. The summed E-state index contributed by atoms with van der Waals surface area (Å²) in [6, 6.07) is 0. The second-order valence-corrected chi connectivity index (χ2v) is 4.46. The van der Waals surface area contributed by atoms with Crippen LogP contribution in [0, 0.1) is 5.92 Å². The second-order valence-electron chi connectivity index (χ2n) is 4.46. The lowest BCUT2D eigenvalue weighted by atomic mass is 10.0. The van der Waals surface area contributed by atoms with E-state index in [2.05, 4.69) is 5.32 Å². The van der Waals surface area contributed by atoms with Crippen molar-refractivity contribution in [2.75, 3.05) is 39.4 Å². The molecular formula is C11H20N2O2. The SMILES string of the molecule is O=C(COCC1CCCNC1)N1CCC1. The van der Waals surface area contributed by atoms with Crippen LogP contribution in [0.4, 0.5) is 0 Å². The first kappa shape index (κ1) is 10.9. The maximum absolute atomic E-state index is 11.5. The zero-order valence-electron chi connectivity index (χ0n) is 9.21. The van der Waals surface area contributed by atoms with Gasteiger partial charge in [0, 0.05) is 19.6 Å². The molecule has 86 valence electrons. The monoisotopic (exact) mass is 212 g/mol. The topological polar surface area (TPSA) is 41.6 Å².